The third-order valence-electron chi connectivity index (χ3n) is 3.78. The highest BCUT2D eigenvalue weighted by Gasteiger charge is 2.16. The molecule has 2 aromatic carbocycles. The molecule has 0 radical (unpaired) electrons. The predicted molar refractivity (Wildman–Crippen MR) is 95.2 cm³/mol. The summed E-state index contributed by atoms with van der Waals surface area (Å²) >= 11 is 0. The van der Waals surface area contributed by atoms with E-state index in [-0.39, 0.29) is 18.3 Å². The molecule has 0 aliphatic carbocycles. The van der Waals surface area contributed by atoms with Crippen LogP contribution in [0.25, 0.3) is 0 Å². The Hall–Kier alpha value is -3.26. The molecule has 0 unspecified atom stereocenters. The zero-order chi connectivity index (χ0) is 17.6. The SMILES string of the molecule is Cc1cccc(OCc2nc(C#N)c(N[C@@H](C)c3ccccc3)o2)c1. The van der Waals surface area contributed by atoms with Gasteiger partial charge in [0.25, 0.3) is 0 Å². The molecule has 1 aromatic heterocycles. The van der Waals surface area contributed by atoms with Crippen LogP contribution in [0.5, 0.6) is 5.75 Å². The van der Waals surface area contributed by atoms with Crippen LogP contribution >= 0.6 is 0 Å². The van der Waals surface area contributed by atoms with Gasteiger partial charge in [0, 0.05) is 0 Å². The number of nitriles is 1. The number of ether oxygens (including phenoxy) is 1. The van der Waals surface area contributed by atoms with Crippen LogP contribution in [0.4, 0.5) is 5.88 Å². The monoisotopic (exact) mass is 333 g/mol. The Labute approximate surface area is 146 Å². The second-order valence-electron chi connectivity index (χ2n) is 5.78. The van der Waals surface area contributed by atoms with Crippen molar-refractivity contribution >= 4 is 5.88 Å². The molecule has 0 saturated carbocycles. The fourth-order valence-corrected chi connectivity index (χ4v) is 2.47. The standard InChI is InChI=1S/C20H19N3O2/c1-14-7-6-10-17(11-14)24-13-19-23-18(12-21)20(25-19)22-15(2)16-8-4-3-5-9-16/h3-11,15,22H,13H2,1-2H3/t15-/m0/s1. The Morgan fingerprint density at radius 1 is 1.20 bits per heavy atom. The molecule has 1 heterocycles. The molecule has 1 atom stereocenters. The lowest BCUT2D eigenvalue weighted by molar-refractivity contribution is 0.264. The summed E-state index contributed by atoms with van der Waals surface area (Å²) in [6.45, 7) is 4.17. The maximum Gasteiger partial charge on any atom is 0.236 e. The minimum atomic E-state index is -0.00760. The maximum absolute atomic E-state index is 9.28. The summed E-state index contributed by atoms with van der Waals surface area (Å²) in [5, 5.41) is 12.5. The first kappa shape index (κ1) is 16.6. The van der Waals surface area contributed by atoms with Crippen molar-refractivity contribution < 1.29 is 9.15 Å². The van der Waals surface area contributed by atoms with Crippen LogP contribution in [0.1, 0.15) is 35.7 Å². The van der Waals surface area contributed by atoms with Gasteiger partial charge < -0.3 is 14.5 Å². The van der Waals surface area contributed by atoms with Gasteiger partial charge in [-0.3, -0.25) is 0 Å². The van der Waals surface area contributed by atoms with E-state index in [1.54, 1.807) is 0 Å². The van der Waals surface area contributed by atoms with E-state index in [4.69, 9.17) is 9.15 Å². The number of hydrogen-bond donors (Lipinski definition) is 1. The summed E-state index contributed by atoms with van der Waals surface area (Å²) in [4.78, 5) is 4.20. The van der Waals surface area contributed by atoms with Gasteiger partial charge >= 0.3 is 0 Å². The average Bonchev–Trinajstić information content (AvgIpc) is 3.02. The molecule has 5 heteroatoms. The Balaban J connectivity index is 1.70. The largest absolute Gasteiger partial charge is 0.484 e. The van der Waals surface area contributed by atoms with Crippen molar-refractivity contribution in [3.8, 4) is 11.8 Å². The van der Waals surface area contributed by atoms with E-state index >= 15 is 0 Å². The highest BCUT2D eigenvalue weighted by molar-refractivity contribution is 5.47. The van der Waals surface area contributed by atoms with Crippen molar-refractivity contribution in [1.82, 2.24) is 4.98 Å². The Bertz CT molecular complexity index is 881. The summed E-state index contributed by atoms with van der Waals surface area (Å²) in [6, 6.07) is 19.7. The van der Waals surface area contributed by atoms with Crippen LogP contribution < -0.4 is 10.1 Å². The first-order valence-electron chi connectivity index (χ1n) is 8.06. The topological polar surface area (TPSA) is 71.1 Å². The smallest absolute Gasteiger partial charge is 0.236 e. The summed E-state index contributed by atoms with van der Waals surface area (Å²) in [7, 11) is 0. The van der Waals surface area contributed by atoms with Gasteiger partial charge in [-0.2, -0.15) is 10.2 Å². The van der Waals surface area contributed by atoms with Crippen molar-refractivity contribution in [1.29, 1.82) is 5.26 Å². The van der Waals surface area contributed by atoms with Crippen LogP contribution in [0, 0.1) is 18.3 Å². The van der Waals surface area contributed by atoms with Crippen molar-refractivity contribution in [2.24, 2.45) is 0 Å². The number of rotatable bonds is 6. The van der Waals surface area contributed by atoms with Gasteiger partial charge in [0.05, 0.1) is 6.04 Å². The van der Waals surface area contributed by atoms with Gasteiger partial charge in [-0.15, -0.1) is 0 Å². The van der Waals surface area contributed by atoms with Crippen molar-refractivity contribution in [3.05, 3.63) is 77.3 Å². The molecule has 0 fully saturated rings. The van der Waals surface area contributed by atoms with E-state index in [1.165, 1.54) is 0 Å². The molecule has 126 valence electrons. The van der Waals surface area contributed by atoms with E-state index in [0.29, 0.717) is 11.8 Å². The number of benzene rings is 2. The molecule has 0 saturated heterocycles. The average molecular weight is 333 g/mol. The van der Waals surface area contributed by atoms with Crippen molar-refractivity contribution in [2.75, 3.05) is 5.32 Å². The van der Waals surface area contributed by atoms with E-state index in [1.807, 2.05) is 68.4 Å². The predicted octanol–water partition coefficient (Wildman–Crippen LogP) is 4.61. The summed E-state index contributed by atoms with van der Waals surface area (Å²) in [6.07, 6.45) is 0. The number of anilines is 1. The lowest BCUT2D eigenvalue weighted by Gasteiger charge is -2.13. The quantitative estimate of drug-likeness (QED) is 0.713. The van der Waals surface area contributed by atoms with Gasteiger partial charge in [-0.05, 0) is 37.1 Å². The zero-order valence-electron chi connectivity index (χ0n) is 14.2. The lowest BCUT2D eigenvalue weighted by Crippen LogP contribution is -2.06. The molecule has 25 heavy (non-hydrogen) atoms. The summed E-state index contributed by atoms with van der Waals surface area (Å²) in [5.41, 5.74) is 2.44. The number of oxazole rings is 1. The molecule has 3 aromatic rings. The van der Waals surface area contributed by atoms with E-state index in [9.17, 15) is 5.26 Å². The van der Waals surface area contributed by atoms with Crippen molar-refractivity contribution in [2.45, 2.75) is 26.5 Å². The normalized spacial score (nSPS) is 11.6. The van der Waals surface area contributed by atoms with Gasteiger partial charge in [-0.25, -0.2) is 0 Å². The maximum atomic E-state index is 9.28. The van der Waals surface area contributed by atoms with Crippen LogP contribution in [0.3, 0.4) is 0 Å². The van der Waals surface area contributed by atoms with Gasteiger partial charge in [0.2, 0.25) is 17.5 Å². The first-order chi connectivity index (χ1) is 12.2. The molecule has 0 bridgehead atoms. The molecule has 5 nitrogen and oxygen atoms in total. The Kier molecular flexibility index (Phi) is 5.00. The third-order valence-corrected chi connectivity index (χ3v) is 3.78. The van der Waals surface area contributed by atoms with Gasteiger partial charge in [-0.1, -0.05) is 42.5 Å². The molecule has 0 aliphatic heterocycles. The van der Waals surface area contributed by atoms with Crippen LogP contribution in [-0.2, 0) is 6.61 Å². The van der Waals surface area contributed by atoms with E-state index in [2.05, 4.69) is 16.4 Å². The van der Waals surface area contributed by atoms with Crippen LogP contribution in [-0.4, -0.2) is 4.98 Å². The Morgan fingerprint density at radius 3 is 2.72 bits per heavy atom. The molecule has 0 aliphatic rings. The molecule has 0 amide bonds. The van der Waals surface area contributed by atoms with Crippen LogP contribution in [0.2, 0.25) is 0 Å². The fraction of sp³-hybridized carbons (Fsp3) is 0.200. The fourth-order valence-electron chi connectivity index (χ4n) is 2.47. The summed E-state index contributed by atoms with van der Waals surface area (Å²) in [5.74, 6) is 1.46. The third kappa shape index (κ3) is 4.18. The van der Waals surface area contributed by atoms with E-state index in [0.717, 1.165) is 16.9 Å². The number of aryl methyl sites for hydroxylation is 1. The van der Waals surface area contributed by atoms with Crippen LogP contribution in [0.15, 0.2) is 59.0 Å². The molecule has 0 spiro atoms. The molecule has 3 rings (SSSR count). The van der Waals surface area contributed by atoms with Gasteiger partial charge in [0.15, 0.2) is 6.61 Å². The highest BCUT2D eigenvalue weighted by Crippen LogP contribution is 2.24. The van der Waals surface area contributed by atoms with E-state index < -0.39 is 0 Å². The minimum absolute atomic E-state index is 0.00760. The second-order valence-corrected chi connectivity index (χ2v) is 5.78. The number of hydrogen-bond acceptors (Lipinski definition) is 5. The molecular formula is C20H19N3O2. The van der Waals surface area contributed by atoms with Crippen molar-refractivity contribution in [3.63, 3.8) is 0 Å². The molecule has 1 N–H and O–H groups in total. The first-order valence-corrected chi connectivity index (χ1v) is 8.06. The second kappa shape index (κ2) is 7.54. The lowest BCUT2D eigenvalue weighted by atomic mass is 10.1. The van der Waals surface area contributed by atoms with Gasteiger partial charge in [0.1, 0.15) is 11.8 Å². The minimum Gasteiger partial charge on any atom is -0.484 e. The molecular weight excluding hydrogens is 314 g/mol. The number of aromatic nitrogens is 1. The Morgan fingerprint density at radius 2 is 2.00 bits per heavy atom. The zero-order valence-corrected chi connectivity index (χ0v) is 14.2. The summed E-state index contributed by atoms with van der Waals surface area (Å²) < 4.78 is 11.4. The highest BCUT2D eigenvalue weighted by atomic mass is 16.5. The number of nitrogens with one attached hydrogen (secondary N) is 1. The number of nitrogens with zero attached hydrogens (tertiary/aromatic N) is 2.